The maximum Gasteiger partial charge on any atom is 0.233 e. The van der Waals surface area contributed by atoms with Gasteiger partial charge in [0.25, 0.3) is 0 Å². The highest BCUT2D eigenvalue weighted by atomic mass is 32.2. The van der Waals surface area contributed by atoms with Crippen LogP contribution in [-0.4, -0.2) is 37.9 Å². The summed E-state index contributed by atoms with van der Waals surface area (Å²) in [6.45, 7) is 4.47. The Morgan fingerprint density at radius 2 is 1.88 bits per heavy atom. The van der Waals surface area contributed by atoms with Gasteiger partial charge < -0.3 is 5.32 Å². The van der Waals surface area contributed by atoms with Crippen LogP contribution in [0.25, 0.3) is 5.69 Å². The number of aryl methyl sites for hydroxylation is 1. The van der Waals surface area contributed by atoms with Crippen molar-refractivity contribution in [3.63, 3.8) is 0 Å². The number of para-hydroxylation sites is 1. The molecule has 2 aromatic carbocycles. The van der Waals surface area contributed by atoms with Gasteiger partial charge in [-0.05, 0) is 47.9 Å². The quantitative estimate of drug-likeness (QED) is 0.650. The van der Waals surface area contributed by atoms with Crippen LogP contribution >= 0.6 is 11.8 Å². The highest BCUT2D eigenvalue weighted by Crippen LogP contribution is 2.24. The zero-order valence-corrected chi connectivity index (χ0v) is 15.6. The van der Waals surface area contributed by atoms with Crippen LogP contribution in [0, 0.1) is 6.92 Å². The van der Waals surface area contributed by atoms with Crippen LogP contribution in [0.1, 0.15) is 18.1 Å². The molecule has 7 heteroatoms. The number of nitrogens with zero attached hydrogens (tertiary/aromatic N) is 4. The molecule has 1 heterocycles. The van der Waals surface area contributed by atoms with Gasteiger partial charge in [0.15, 0.2) is 0 Å². The third kappa shape index (κ3) is 4.49. The van der Waals surface area contributed by atoms with Gasteiger partial charge in [-0.2, -0.15) is 4.68 Å². The van der Waals surface area contributed by atoms with Crippen molar-refractivity contribution in [1.29, 1.82) is 0 Å². The number of aromatic nitrogens is 4. The average Bonchev–Trinajstić information content (AvgIpc) is 3.10. The molecule has 3 aromatic rings. The van der Waals surface area contributed by atoms with Gasteiger partial charge in [-0.3, -0.25) is 4.79 Å². The average molecular weight is 367 g/mol. The van der Waals surface area contributed by atoms with E-state index in [0.717, 1.165) is 17.7 Å². The van der Waals surface area contributed by atoms with Gasteiger partial charge in [0.05, 0.1) is 10.9 Å². The van der Waals surface area contributed by atoms with Crippen molar-refractivity contribution in [3.8, 4) is 5.69 Å². The second-order valence-corrected chi connectivity index (χ2v) is 7.25. The van der Waals surface area contributed by atoms with Gasteiger partial charge in [0.1, 0.15) is 0 Å². The first-order valence-electron chi connectivity index (χ1n) is 8.48. The van der Waals surface area contributed by atoms with Gasteiger partial charge >= 0.3 is 0 Å². The van der Waals surface area contributed by atoms with Crippen molar-refractivity contribution in [2.24, 2.45) is 0 Å². The number of benzene rings is 2. The normalized spacial score (nSPS) is 11.9. The summed E-state index contributed by atoms with van der Waals surface area (Å²) in [6.07, 6.45) is 0.810. The molecule has 0 saturated carbocycles. The fraction of sp³-hybridized carbons (Fsp3) is 0.263. The van der Waals surface area contributed by atoms with Crippen LogP contribution in [0.3, 0.4) is 0 Å². The topological polar surface area (TPSA) is 72.7 Å². The molecule has 26 heavy (non-hydrogen) atoms. The van der Waals surface area contributed by atoms with E-state index in [1.165, 1.54) is 17.3 Å². The van der Waals surface area contributed by atoms with E-state index >= 15 is 0 Å². The van der Waals surface area contributed by atoms with Crippen LogP contribution in [-0.2, 0) is 11.2 Å². The number of nitrogens with one attached hydrogen (secondary N) is 1. The van der Waals surface area contributed by atoms with Crippen molar-refractivity contribution in [3.05, 3.63) is 65.7 Å². The third-order valence-corrected chi connectivity index (χ3v) is 5.02. The molecule has 0 radical (unpaired) electrons. The van der Waals surface area contributed by atoms with E-state index in [4.69, 9.17) is 0 Å². The predicted molar refractivity (Wildman–Crippen MR) is 102 cm³/mol. The maximum absolute atomic E-state index is 12.4. The monoisotopic (exact) mass is 367 g/mol. The molecule has 0 unspecified atom stereocenters. The Bertz CT molecular complexity index is 865. The molecule has 0 saturated heterocycles. The number of carbonyl (C=O) groups is 1. The Morgan fingerprint density at radius 1 is 1.15 bits per heavy atom. The van der Waals surface area contributed by atoms with Crippen LogP contribution in [0.4, 0.5) is 0 Å². The molecular formula is C19H21N5OS. The Hall–Kier alpha value is -2.67. The number of amides is 1. The molecule has 0 fully saturated rings. The SMILES string of the molecule is Cc1ccccc1-n1nnnc1S[C@@H](C)C(=O)NCCc1ccccc1. The number of tetrazole rings is 1. The molecule has 0 aliphatic rings. The van der Waals surface area contributed by atoms with Crippen molar-refractivity contribution < 1.29 is 4.79 Å². The number of rotatable bonds is 7. The van der Waals surface area contributed by atoms with E-state index < -0.39 is 0 Å². The number of hydrogen-bond donors (Lipinski definition) is 1. The number of hydrogen-bond acceptors (Lipinski definition) is 5. The van der Waals surface area contributed by atoms with Gasteiger partial charge in [-0.1, -0.05) is 60.3 Å². The Labute approximate surface area is 157 Å². The number of thioether (sulfide) groups is 1. The molecular weight excluding hydrogens is 346 g/mol. The lowest BCUT2D eigenvalue weighted by atomic mass is 10.1. The van der Waals surface area contributed by atoms with Crippen molar-refractivity contribution in [1.82, 2.24) is 25.5 Å². The summed E-state index contributed by atoms with van der Waals surface area (Å²) in [5.74, 6) is -0.0229. The van der Waals surface area contributed by atoms with Crippen LogP contribution in [0.5, 0.6) is 0 Å². The molecule has 0 bridgehead atoms. The Kier molecular flexibility index (Phi) is 6.01. The van der Waals surface area contributed by atoms with E-state index in [1.54, 1.807) is 4.68 Å². The predicted octanol–water partition coefficient (Wildman–Crippen LogP) is 2.81. The van der Waals surface area contributed by atoms with Gasteiger partial charge in [-0.25, -0.2) is 0 Å². The molecule has 1 amide bonds. The highest BCUT2D eigenvalue weighted by molar-refractivity contribution is 8.00. The summed E-state index contributed by atoms with van der Waals surface area (Å²) in [5, 5.41) is 15.2. The second-order valence-electron chi connectivity index (χ2n) is 5.95. The lowest BCUT2D eigenvalue weighted by Crippen LogP contribution is -2.32. The summed E-state index contributed by atoms with van der Waals surface area (Å²) in [6, 6.07) is 18.0. The first-order chi connectivity index (χ1) is 12.6. The van der Waals surface area contributed by atoms with E-state index in [2.05, 4.69) is 33.0 Å². The first-order valence-corrected chi connectivity index (χ1v) is 9.36. The zero-order valence-electron chi connectivity index (χ0n) is 14.8. The van der Waals surface area contributed by atoms with Crippen molar-refractivity contribution in [2.75, 3.05) is 6.54 Å². The minimum atomic E-state index is -0.292. The minimum absolute atomic E-state index is 0.0229. The minimum Gasteiger partial charge on any atom is -0.355 e. The maximum atomic E-state index is 12.4. The molecule has 0 aliphatic heterocycles. The summed E-state index contributed by atoms with van der Waals surface area (Å²) in [7, 11) is 0. The Balaban J connectivity index is 1.58. The van der Waals surface area contributed by atoms with E-state index in [1.807, 2.05) is 56.3 Å². The molecule has 1 N–H and O–H groups in total. The third-order valence-electron chi connectivity index (χ3n) is 3.99. The van der Waals surface area contributed by atoms with Gasteiger partial charge in [0.2, 0.25) is 11.1 Å². The van der Waals surface area contributed by atoms with Crippen LogP contribution < -0.4 is 5.32 Å². The summed E-state index contributed by atoms with van der Waals surface area (Å²) in [4.78, 5) is 12.4. The summed E-state index contributed by atoms with van der Waals surface area (Å²) in [5.41, 5.74) is 3.19. The van der Waals surface area contributed by atoms with E-state index in [0.29, 0.717) is 11.7 Å². The lowest BCUT2D eigenvalue weighted by molar-refractivity contribution is -0.120. The first kappa shape index (κ1) is 18.1. The highest BCUT2D eigenvalue weighted by Gasteiger charge is 2.19. The molecule has 134 valence electrons. The fourth-order valence-corrected chi connectivity index (χ4v) is 3.36. The van der Waals surface area contributed by atoms with E-state index in [9.17, 15) is 4.79 Å². The molecule has 1 atom stereocenters. The van der Waals surface area contributed by atoms with E-state index in [-0.39, 0.29) is 11.2 Å². The molecule has 6 nitrogen and oxygen atoms in total. The van der Waals surface area contributed by atoms with Crippen molar-refractivity contribution >= 4 is 17.7 Å². The van der Waals surface area contributed by atoms with Gasteiger partial charge in [-0.15, -0.1) is 5.10 Å². The molecule has 3 rings (SSSR count). The van der Waals surface area contributed by atoms with Crippen LogP contribution in [0.2, 0.25) is 0 Å². The molecule has 0 spiro atoms. The zero-order chi connectivity index (χ0) is 18.4. The number of carbonyl (C=O) groups excluding carboxylic acids is 1. The summed E-state index contributed by atoms with van der Waals surface area (Å²) < 4.78 is 1.67. The van der Waals surface area contributed by atoms with Crippen molar-refractivity contribution in [2.45, 2.75) is 30.7 Å². The largest absolute Gasteiger partial charge is 0.355 e. The smallest absolute Gasteiger partial charge is 0.233 e. The second kappa shape index (κ2) is 8.62. The standard InChI is InChI=1S/C19H21N5OS/c1-14-8-6-7-11-17(14)24-19(21-22-23-24)26-15(2)18(25)20-13-12-16-9-4-3-5-10-16/h3-11,15H,12-13H2,1-2H3,(H,20,25)/t15-/m0/s1. The molecule has 1 aromatic heterocycles. The summed E-state index contributed by atoms with van der Waals surface area (Å²) >= 11 is 1.35. The van der Waals surface area contributed by atoms with Gasteiger partial charge in [0, 0.05) is 6.54 Å². The molecule has 0 aliphatic carbocycles. The Morgan fingerprint density at radius 3 is 2.65 bits per heavy atom. The lowest BCUT2D eigenvalue weighted by Gasteiger charge is -2.12. The fourth-order valence-electron chi connectivity index (χ4n) is 2.53. The van der Waals surface area contributed by atoms with Crippen LogP contribution in [0.15, 0.2) is 59.8 Å².